The first-order valence-corrected chi connectivity index (χ1v) is 9.88. The summed E-state index contributed by atoms with van der Waals surface area (Å²) in [6, 6.07) is 14.3. The van der Waals surface area contributed by atoms with Crippen molar-refractivity contribution in [2.45, 2.75) is 25.5 Å². The third-order valence-corrected chi connectivity index (χ3v) is 5.04. The minimum absolute atomic E-state index is 0.0720. The smallest absolute Gasteiger partial charge is 0.220 e. The number of carbonyl (C=O) groups excluding carboxylic acids is 1. The van der Waals surface area contributed by atoms with Crippen LogP contribution in [0.2, 0.25) is 0 Å². The van der Waals surface area contributed by atoms with Gasteiger partial charge in [0.25, 0.3) is 0 Å². The summed E-state index contributed by atoms with van der Waals surface area (Å²) in [5, 5.41) is 2.98. The highest BCUT2D eigenvalue weighted by atomic mass is 32.2. The van der Waals surface area contributed by atoms with Gasteiger partial charge < -0.3 is 14.8 Å². The van der Waals surface area contributed by atoms with E-state index in [4.69, 9.17) is 9.47 Å². The lowest BCUT2D eigenvalue weighted by molar-refractivity contribution is -0.120. The molecule has 4 nitrogen and oxygen atoms in total. The monoisotopic (exact) mass is 373 g/mol. The van der Waals surface area contributed by atoms with E-state index >= 15 is 0 Å². The number of amides is 1. The lowest BCUT2D eigenvalue weighted by Crippen LogP contribution is -2.25. The Morgan fingerprint density at radius 1 is 1.00 bits per heavy atom. The molecule has 0 saturated carbocycles. The third kappa shape index (κ3) is 7.00. The minimum atomic E-state index is 0.0720. The fourth-order valence-corrected chi connectivity index (χ4v) is 3.31. The minimum Gasteiger partial charge on any atom is -0.497 e. The van der Waals surface area contributed by atoms with Gasteiger partial charge in [-0.05, 0) is 36.6 Å². The topological polar surface area (TPSA) is 47.6 Å². The molecular weight excluding hydrogens is 346 g/mol. The summed E-state index contributed by atoms with van der Waals surface area (Å²) in [4.78, 5) is 12.0. The SMILES string of the molecule is COc1cc(CCC(=O)NCCSCc2ccc(C)cc2)cc(OC)c1. The number of benzene rings is 2. The molecule has 0 aliphatic rings. The maximum absolute atomic E-state index is 12.0. The molecule has 2 rings (SSSR count). The van der Waals surface area contributed by atoms with Crippen molar-refractivity contribution in [3.8, 4) is 11.5 Å². The third-order valence-electron chi connectivity index (χ3n) is 4.01. The number of methoxy groups -OCH3 is 2. The zero-order valence-electron chi connectivity index (χ0n) is 15.7. The van der Waals surface area contributed by atoms with Gasteiger partial charge in [0.2, 0.25) is 5.91 Å². The van der Waals surface area contributed by atoms with Gasteiger partial charge in [0.05, 0.1) is 14.2 Å². The van der Waals surface area contributed by atoms with Gasteiger partial charge in [-0.1, -0.05) is 29.8 Å². The molecule has 0 fully saturated rings. The van der Waals surface area contributed by atoms with Crippen molar-refractivity contribution in [1.29, 1.82) is 0 Å². The van der Waals surface area contributed by atoms with Gasteiger partial charge in [0.15, 0.2) is 0 Å². The van der Waals surface area contributed by atoms with Crippen molar-refractivity contribution in [2.24, 2.45) is 0 Å². The Morgan fingerprint density at radius 2 is 1.65 bits per heavy atom. The van der Waals surface area contributed by atoms with E-state index in [0.29, 0.717) is 19.4 Å². The predicted molar refractivity (Wildman–Crippen MR) is 108 cm³/mol. The van der Waals surface area contributed by atoms with Gasteiger partial charge in [-0.25, -0.2) is 0 Å². The van der Waals surface area contributed by atoms with Crippen LogP contribution in [0.5, 0.6) is 11.5 Å². The Labute approximate surface area is 160 Å². The molecule has 2 aromatic rings. The van der Waals surface area contributed by atoms with Crippen LogP contribution in [-0.4, -0.2) is 32.4 Å². The molecule has 2 aromatic carbocycles. The maximum Gasteiger partial charge on any atom is 0.220 e. The van der Waals surface area contributed by atoms with Crippen molar-refractivity contribution in [1.82, 2.24) is 5.32 Å². The van der Waals surface area contributed by atoms with Gasteiger partial charge in [-0.2, -0.15) is 11.8 Å². The Balaban J connectivity index is 1.65. The molecule has 0 heterocycles. The van der Waals surface area contributed by atoms with Crippen LogP contribution in [0.4, 0.5) is 0 Å². The van der Waals surface area contributed by atoms with Gasteiger partial charge >= 0.3 is 0 Å². The maximum atomic E-state index is 12.0. The molecule has 0 aliphatic heterocycles. The number of carbonyl (C=O) groups is 1. The number of ether oxygens (including phenoxy) is 2. The summed E-state index contributed by atoms with van der Waals surface area (Å²) in [6.07, 6.45) is 1.12. The average molecular weight is 374 g/mol. The Bertz CT molecular complexity index is 679. The molecule has 26 heavy (non-hydrogen) atoms. The number of rotatable bonds is 10. The van der Waals surface area contributed by atoms with Crippen molar-refractivity contribution >= 4 is 17.7 Å². The lowest BCUT2D eigenvalue weighted by Gasteiger charge is -2.09. The van der Waals surface area contributed by atoms with Crippen LogP contribution in [0.25, 0.3) is 0 Å². The van der Waals surface area contributed by atoms with Gasteiger partial charge in [-0.3, -0.25) is 4.79 Å². The summed E-state index contributed by atoms with van der Waals surface area (Å²) >= 11 is 1.83. The van der Waals surface area contributed by atoms with Crippen LogP contribution in [-0.2, 0) is 17.0 Å². The summed E-state index contributed by atoms with van der Waals surface area (Å²) in [5.41, 5.74) is 3.63. The van der Waals surface area contributed by atoms with Crippen LogP contribution >= 0.6 is 11.8 Å². The van der Waals surface area contributed by atoms with E-state index < -0.39 is 0 Å². The lowest BCUT2D eigenvalue weighted by atomic mass is 10.1. The molecule has 0 atom stereocenters. The molecule has 0 bridgehead atoms. The molecule has 5 heteroatoms. The molecular formula is C21H27NO3S. The summed E-state index contributed by atoms with van der Waals surface area (Å²) in [6.45, 7) is 2.78. The average Bonchev–Trinajstić information content (AvgIpc) is 2.67. The molecule has 0 aliphatic carbocycles. The molecule has 1 N–H and O–H groups in total. The largest absolute Gasteiger partial charge is 0.497 e. The van der Waals surface area contributed by atoms with Gasteiger partial charge in [-0.15, -0.1) is 0 Å². The Kier molecular flexibility index (Phi) is 8.35. The normalized spacial score (nSPS) is 10.4. The first-order chi connectivity index (χ1) is 12.6. The van der Waals surface area contributed by atoms with Crippen molar-refractivity contribution in [3.63, 3.8) is 0 Å². The van der Waals surface area contributed by atoms with Crippen molar-refractivity contribution in [2.75, 3.05) is 26.5 Å². The fourth-order valence-electron chi connectivity index (χ4n) is 2.49. The number of nitrogens with one attached hydrogen (secondary N) is 1. The number of hydrogen-bond acceptors (Lipinski definition) is 4. The first-order valence-electron chi connectivity index (χ1n) is 8.72. The van der Waals surface area contributed by atoms with E-state index in [2.05, 4.69) is 36.5 Å². The second-order valence-corrected chi connectivity index (χ2v) is 7.21. The summed E-state index contributed by atoms with van der Waals surface area (Å²) in [5.74, 6) is 3.44. The quantitative estimate of drug-likeness (QED) is 0.640. The molecule has 0 saturated heterocycles. The van der Waals surface area contributed by atoms with E-state index in [-0.39, 0.29) is 5.91 Å². The molecule has 0 radical (unpaired) electrons. The highest BCUT2D eigenvalue weighted by Crippen LogP contribution is 2.23. The van der Waals surface area contributed by atoms with Crippen LogP contribution in [0.1, 0.15) is 23.1 Å². The Hall–Kier alpha value is -2.14. The molecule has 140 valence electrons. The molecule has 0 aromatic heterocycles. The highest BCUT2D eigenvalue weighted by molar-refractivity contribution is 7.98. The van der Waals surface area contributed by atoms with E-state index in [1.165, 1.54) is 11.1 Å². The van der Waals surface area contributed by atoms with Crippen LogP contribution < -0.4 is 14.8 Å². The molecule has 1 amide bonds. The standard InChI is InChI=1S/C21H27NO3S/c1-16-4-6-17(7-5-16)15-26-11-10-22-21(23)9-8-18-12-19(24-2)14-20(13-18)25-3/h4-7,12-14H,8-11,15H2,1-3H3,(H,22,23). The number of thioether (sulfide) groups is 1. The summed E-state index contributed by atoms with van der Waals surface area (Å²) < 4.78 is 10.5. The predicted octanol–water partition coefficient (Wildman–Crippen LogP) is 3.99. The highest BCUT2D eigenvalue weighted by Gasteiger charge is 2.06. The number of hydrogen-bond donors (Lipinski definition) is 1. The zero-order chi connectivity index (χ0) is 18.8. The van der Waals surface area contributed by atoms with E-state index in [9.17, 15) is 4.79 Å². The second kappa shape index (κ2) is 10.8. The van der Waals surface area contributed by atoms with Crippen LogP contribution in [0.3, 0.4) is 0 Å². The molecule has 0 spiro atoms. The summed E-state index contributed by atoms with van der Waals surface area (Å²) in [7, 11) is 3.25. The van der Waals surface area contributed by atoms with E-state index in [0.717, 1.165) is 28.6 Å². The van der Waals surface area contributed by atoms with Gasteiger partial charge in [0, 0.05) is 30.5 Å². The van der Waals surface area contributed by atoms with Crippen LogP contribution in [0, 0.1) is 6.92 Å². The second-order valence-electron chi connectivity index (χ2n) is 6.11. The van der Waals surface area contributed by atoms with Crippen molar-refractivity contribution < 1.29 is 14.3 Å². The fraction of sp³-hybridized carbons (Fsp3) is 0.381. The first kappa shape index (κ1) is 20.2. The van der Waals surface area contributed by atoms with E-state index in [1.54, 1.807) is 14.2 Å². The zero-order valence-corrected chi connectivity index (χ0v) is 16.5. The Morgan fingerprint density at radius 3 is 2.27 bits per heavy atom. The molecule has 0 unspecified atom stereocenters. The van der Waals surface area contributed by atoms with Crippen LogP contribution in [0.15, 0.2) is 42.5 Å². The van der Waals surface area contributed by atoms with Crippen molar-refractivity contribution in [3.05, 3.63) is 59.2 Å². The van der Waals surface area contributed by atoms with Gasteiger partial charge in [0.1, 0.15) is 11.5 Å². The van der Waals surface area contributed by atoms with E-state index in [1.807, 2.05) is 30.0 Å². The number of aryl methyl sites for hydroxylation is 2.